The molecular weight excluding hydrogens is 364 g/mol. The van der Waals surface area contributed by atoms with Crippen LogP contribution < -0.4 is 5.32 Å². The molecule has 0 aliphatic carbocycles. The summed E-state index contributed by atoms with van der Waals surface area (Å²) in [6.07, 6.45) is 2.18. The zero-order chi connectivity index (χ0) is 19.4. The molecule has 1 fully saturated rings. The van der Waals surface area contributed by atoms with Crippen molar-refractivity contribution in [3.8, 4) is 0 Å². The van der Waals surface area contributed by atoms with Crippen LogP contribution >= 0.6 is 0 Å². The highest BCUT2D eigenvalue weighted by atomic mass is 32.2. The number of hydrogen-bond acceptors (Lipinski definition) is 4. The highest BCUT2D eigenvalue weighted by Gasteiger charge is 2.30. The van der Waals surface area contributed by atoms with E-state index in [0.717, 1.165) is 12.7 Å². The Labute approximate surface area is 159 Å². The lowest BCUT2D eigenvalue weighted by atomic mass is 10.1. The van der Waals surface area contributed by atoms with E-state index in [1.54, 1.807) is 4.90 Å². The van der Waals surface area contributed by atoms with Crippen LogP contribution in [0.5, 0.6) is 0 Å². The van der Waals surface area contributed by atoms with Crippen molar-refractivity contribution in [1.29, 1.82) is 0 Å². The molecule has 2 amide bonds. The van der Waals surface area contributed by atoms with Crippen LogP contribution in [0, 0.1) is 0 Å². The normalized spacial score (nSPS) is 17.1. The maximum Gasteiger partial charge on any atom is 0.251 e. The van der Waals surface area contributed by atoms with Crippen LogP contribution in [0.3, 0.4) is 0 Å². The molecule has 3 rings (SSSR count). The molecule has 7 heteroatoms. The average Bonchev–Trinajstić information content (AvgIpc) is 2.99. The van der Waals surface area contributed by atoms with Gasteiger partial charge in [0.05, 0.1) is 10.9 Å². The van der Waals surface area contributed by atoms with E-state index in [1.165, 1.54) is 29.8 Å². The molecule has 2 aromatic rings. The summed E-state index contributed by atoms with van der Waals surface area (Å²) in [5.74, 6) is -0.276. The van der Waals surface area contributed by atoms with E-state index in [4.69, 9.17) is 0 Å². The van der Waals surface area contributed by atoms with E-state index < -0.39 is 9.84 Å². The Bertz CT molecular complexity index is 924. The van der Waals surface area contributed by atoms with E-state index in [-0.39, 0.29) is 29.2 Å². The quantitative estimate of drug-likeness (QED) is 0.818. The molecule has 2 aromatic carbocycles. The molecule has 27 heavy (non-hydrogen) atoms. The SMILES string of the molecule is CS(=O)(=O)c1ccc(C(=O)N[C@H]2CC(=O)N(CCc3ccccc3)C2)cc1. The van der Waals surface area contributed by atoms with Gasteiger partial charge in [-0.25, -0.2) is 8.42 Å². The number of nitrogens with one attached hydrogen (secondary N) is 1. The molecule has 142 valence electrons. The number of rotatable bonds is 6. The zero-order valence-corrected chi connectivity index (χ0v) is 15.9. The summed E-state index contributed by atoms with van der Waals surface area (Å²) in [4.78, 5) is 26.5. The van der Waals surface area contributed by atoms with Crippen molar-refractivity contribution in [3.05, 3.63) is 65.7 Å². The van der Waals surface area contributed by atoms with Crippen molar-refractivity contribution < 1.29 is 18.0 Å². The molecular formula is C20H22N2O4S. The molecule has 0 bridgehead atoms. The average molecular weight is 386 g/mol. The third-order valence-corrected chi connectivity index (χ3v) is 5.74. The second kappa shape index (κ2) is 7.92. The van der Waals surface area contributed by atoms with E-state index in [1.807, 2.05) is 30.3 Å². The van der Waals surface area contributed by atoms with Crippen molar-refractivity contribution in [2.75, 3.05) is 19.3 Å². The predicted molar refractivity (Wildman–Crippen MR) is 102 cm³/mol. The lowest BCUT2D eigenvalue weighted by Crippen LogP contribution is -2.37. The van der Waals surface area contributed by atoms with Gasteiger partial charge in [0, 0.05) is 31.3 Å². The van der Waals surface area contributed by atoms with Crippen LogP contribution in [0.15, 0.2) is 59.5 Å². The predicted octanol–water partition coefficient (Wildman–Crippen LogP) is 1.66. The number of sulfone groups is 1. The third-order valence-electron chi connectivity index (χ3n) is 4.61. The van der Waals surface area contributed by atoms with Crippen LogP contribution in [0.4, 0.5) is 0 Å². The summed E-state index contributed by atoms with van der Waals surface area (Å²) in [6.45, 7) is 1.11. The van der Waals surface area contributed by atoms with Crippen molar-refractivity contribution in [1.82, 2.24) is 10.2 Å². The first-order chi connectivity index (χ1) is 12.8. The number of likely N-dealkylation sites (tertiary alicyclic amines) is 1. The van der Waals surface area contributed by atoms with Crippen molar-refractivity contribution in [2.24, 2.45) is 0 Å². The first kappa shape index (κ1) is 19.1. The van der Waals surface area contributed by atoms with Gasteiger partial charge in [-0.3, -0.25) is 9.59 Å². The Kier molecular flexibility index (Phi) is 5.60. The smallest absolute Gasteiger partial charge is 0.251 e. The molecule has 0 spiro atoms. The van der Waals surface area contributed by atoms with Crippen molar-refractivity contribution >= 4 is 21.7 Å². The zero-order valence-electron chi connectivity index (χ0n) is 15.1. The summed E-state index contributed by atoms with van der Waals surface area (Å²) in [5.41, 5.74) is 1.54. The van der Waals surface area contributed by atoms with Gasteiger partial charge >= 0.3 is 0 Å². The van der Waals surface area contributed by atoms with Crippen molar-refractivity contribution in [3.63, 3.8) is 0 Å². The van der Waals surface area contributed by atoms with Gasteiger partial charge in [-0.2, -0.15) is 0 Å². The topological polar surface area (TPSA) is 83.5 Å². The van der Waals surface area contributed by atoms with Crippen LogP contribution in [-0.4, -0.2) is 50.5 Å². The van der Waals surface area contributed by atoms with Gasteiger partial charge < -0.3 is 10.2 Å². The lowest BCUT2D eigenvalue weighted by molar-refractivity contribution is -0.127. The molecule has 0 aromatic heterocycles. The second-order valence-electron chi connectivity index (χ2n) is 6.75. The van der Waals surface area contributed by atoms with Gasteiger partial charge in [0.15, 0.2) is 9.84 Å². The Balaban J connectivity index is 1.55. The van der Waals surface area contributed by atoms with Gasteiger partial charge in [-0.15, -0.1) is 0 Å². The molecule has 1 aliphatic rings. The Morgan fingerprint density at radius 1 is 1.11 bits per heavy atom. The fraction of sp³-hybridized carbons (Fsp3) is 0.300. The number of benzene rings is 2. The fourth-order valence-corrected chi connectivity index (χ4v) is 3.75. The standard InChI is InChI=1S/C20H22N2O4S/c1-27(25,26)18-9-7-16(8-10-18)20(24)21-17-13-19(23)22(14-17)12-11-15-5-3-2-4-6-15/h2-10,17H,11-14H2,1H3,(H,21,24)/t17-/m0/s1. The van der Waals surface area contributed by atoms with E-state index in [2.05, 4.69) is 5.32 Å². The van der Waals surface area contributed by atoms with Gasteiger partial charge in [0.25, 0.3) is 5.91 Å². The Hall–Kier alpha value is -2.67. The summed E-state index contributed by atoms with van der Waals surface area (Å²) in [7, 11) is -3.29. The van der Waals surface area contributed by atoms with Gasteiger partial charge in [-0.05, 0) is 36.2 Å². The minimum atomic E-state index is -3.29. The van der Waals surface area contributed by atoms with Crippen LogP contribution in [-0.2, 0) is 21.1 Å². The summed E-state index contributed by atoms with van der Waals surface area (Å²) in [5, 5.41) is 2.86. The van der Waals surface area contributed by atoms with E-state index in [9.17, 15) is 18.0 Å². The molecule has 1 aliphatic heterocycles. The number of hydrogen-bond donors (Lipinski definition) is 1. The molecule has 6 nitrogen and oxygen atoms in total. The van der Waals surface area contributed by atoms with Crippen molar-refractivity contribution in [2.45, 2.75) is 23.8 Å². The molecule has 1 saturated heterocycles. The van der Waals surface area contributed by atoms with Gasteiger partial charge in [-0.1, -0.05) is 30.3 Å². The minimum absolute atomic E-state index is 0.0312. The number of amides is 2. The van der Waals surface area contributed by atoms with E-state index in [0.29, 0.717) is 18.7 Å². The highest BCUT2D eigenvalue weighted by molar-refractivity contribution is 7.90. The Morgan fingerprint density at radius 3 is 2.41 bits per heavy atom. The van der Waals surface area contributed by atoms with Crippen LogP contribution in [0.25, 0.3) is 0 Å². The number of nitrogens with zero attached hydrogens (tertiary/aromatic N) is 1. The molecule has 1 atom stereocenters. The monoisotopic (exact) mass is 386 g/mol. The summed E-state index contributed by atoms with van der Waals surface area (Å²) in [6, 6.07) is 15.5. The minimum Gasteiger partial charge on any atom is -0.347 e. The second-order valence-corrected chi connectivity index (χ2v) is 8.76. The summed E-state index contributed by atoms with van der Waals surface area (Å²) >= 11 is 0. The Morgan fingerprint density at radius 2 is 1.78 bits per heavy atom. The number of carbonyl (C=O) groups is 2. The van der Waals surface area contributed by atoms with Crippen LogP contribution in [0.2, 0.25) is 0 Å². The molecule has 0 radical (unpaired) electrons. The van der Waals surface area contributed by atoms with Crippen LogP contribution in [0.1, 0.15) is 22.3 Å². The maximum atomic E-state index is 12.4. The summed E-state index contributed by atoms with van der Waals surface area (Å²) < 4.78 is 23.0. The molecule has 1 N–H and O–H groups in total. The van der Waals surface area contributed by atoms with Gasteiger partial charge in [0.2, 0.25) is 5.91 Å². The fourth-order valence-electron chi connectivity index (χ4n) is 3.12. The van der Waals surface area contributed by atoms with E-state index >= 15 is 0 Å². The molecule has 1 heterocycles. The highest BCUT2D eigenvalue weighted by Crippen LogP contribution is 2.14. The first-order valence-electron chi connectivity index (χ1n) is 8.75. The van der Waals surface area contributed by atoms with Gasteiger partial charge in [0.1, 0.15) is 0 Å². The largest absolute Gasteiger partial charge is 0.347 e. The third kappa shape index (κ3) is 4.95. The number of carbonyl (C=O) groups excluding carboxylic acids is 2. The lowest BCUT2D eigenvalue weighted by Gasteiger charge is -2.17. The first-order valence-corrected chi connectivity index (χ1v) is 10.6. The molecule has 0 unspecified atom stereocenters. The maximum absolute atomic E-state index is 12.4. The molecule has 0 saturated carbocycles.